The molecule has 1 N–H and O–H groups in total. The highest BCUT2D eigenvalue weighted by molar-refractivity contribution is 9.10. The van der Waals surface area contributed by atoms with Crippen LogP contribution in [-0.2, 0) is 0 Å². The van der Waals surface area contributed by atoms with Gasteiger partial charge in [-0.1, -0.05) is 45.8 Å². The quantitative estimate of drug-likeness (QED) is 0.336. The van der Waals surface area contributed by atoms with Crippen molar-refractivity contribution in [2.75, 3.05) is 0 Å². The van der Waals surface area contributed by atoms with Crippen molar-refractivity contribution in [1.82, 2.24) is 0 Å². The van der Waals surface area contributed by atoms with E-state index in [1.54, 1.807) is 11.8 Å². The van der Waals surface area contributed by atoms with Crippen molar-refractivity contribution in [3.8, 4) is 0 Å². The molecule has 0 saturated carbocycles. The fourth-order valence-electron chi connectivity index (χ4n) is 1.28. The molecule has 0 amide bonds. The zero-order valence-electron chi connectivity index (χ0n) is 11.9. The summed E-state index contributed by atoms with van der Waals surface area (Å²) < 4.78 is 1.12. The third-order valence-electron chi connectivity index (χ3n) is 1.94. The Labute approximate surface area is 123 Å². The first-order valence-corrected chi connectivity index (χ1v) is 7.61. The second kappa shape index (κ2) is 7.85. The predicted molar refractivity (Wildman–Crippen MR) is 85.2 cm³/mol. The summed E-state index contributed by atoms with van der Waals surface area (Å²) in [6, 6.07) is 4.12. The summed E-state index contributed by atoms with van der Waals surface area (Å²) in [6.07, 6.45) is 1.48. The third kappa shape index (κ3) is 5.44. The molecule has 0 aliphatic carbocycles. The van der Waals surface area contributed by atoms with Gasteiger partial charge in [0.1, 0.15) is 0 Å². The number of oxime groups is 1. The first kappa shape index (κ1) is 17.5. The number of hydrogen-bond acceptors (Lipinski definition) is 3. The van der Waals surface area contributed by atoms with Crippen molar-refractivity contribution >= 4 is 33.9 Å². The molecule has 0 spiro atoms. The monoisotopic (exact) mass is 331 g/mol. The van der Waals surface area contributed by atoms with Crippen LogP contribution in [0.2, 0.25) is 0 Å². The molecule has 0 heterocycles. The number of halogens is 1. The molecule has 0 saturated heterocycles. The van der Waals surface area contributed by atoms with Crippen molar-refractivity contribution in [2.45, 2.75) is 51.2 Å². The van der Waals surface area contributed by atoms with Crippen LogP contribution in [0, 0.1) is 6.92 Å². The maximum Gasteiger partial charge on any atom is 0.0756 e. The lowest BCUT2D eigenvalue weighted by molar-refractivity contribution is 0.321. The van der Waals surface area contributed by atoms with Crippen LogP contribution in [0.3, 0.4) is 0 Å². The second-order valence-electron chi connectivity index (χ2n) is 4.57. The Morgan fingerprint density at radius 1 is 1.28 bits per heavy atom. The highest BCUT2D eigenvalue weighted by Crippen LogP contribution is 2.37. The van der Waals surface area contributed by atoms with Crippen LogP contribution in [0.4, 0.5) is 0 Å². The first-order chi connectivity index (χ1) is 8.35. The van der Waals surface area contributed by atoms with Gasteiger partial charge in [0, 0.05) is 19.7 Å². The molecule has 1 aromatic rings. The molecule has 0 radical (unpaired) electrons. The van der Waals surface area contributed by atoms with Crippen molar-refractivity contribution in [2.24, 2.45) is 5.16 Å². The second-order valence-corrected chi connectivity index (χ2v) is 7.23. The van der Waals surface area contributed by atoms with Crippen LogP contribution >= 0.6 is 27.7 Å². The zero-order chi connectivity index (χ0) is 14.3. The van der Waals surface area contributed by atoms with Gasteiger partial charge in [-0.25, -0.2) is 0 Å². The standard InChI is InChI=1S/C12H16BrNOS.C2H6/c1-8-5-6-10(16-12(2,3)4)9(7-14-15)11(8)13;1-2/h5-7,15H,1-4H3;1-2H3/b14-7+;. The lowest BCUT2D eigenvalue weighted by Crippen LogP contribution is -2.08. The molecular weight excluding hydrogens is 310 g/mol. The van der Waals surface area contributed by atoms with E-state index in [9.17, 15) is 0 Å². The topological polar surface area (TPSA) is 32.6 Å². The van der Waals surface area contributed by atoms with Crippen LogP contribution in [0.5, 0.6) is 0 Å². The zero-order valence-corrected chi connectivity index (χ0v) is 14.3. The van der Waals surface area contributed by atoms with Gasteiger partial charge in [-0.15, -0.1) is 11.8 Å². The minimum absolute atomic E-state index is 0.132. The van der Waals surface area contributed by atoms with E-state index in [0.29, 0.717) is 0 Å². The Kier molecular flexibility index (Phi) is 7.64. The normalized spacial score (nSPS) is 11.3. The van der Waals surface area contributed by atoms with E-state index < -0.39 is 0 Å². The molecule has 0 bridgehead atoms. The summed E-state index contributed by atoms with van der Waals surface area (Å²) in [5, 5.41) is 11.8. The largest absolute Gasteiger partial charge is 0.411 e. The molecule has 0 fully saturated rings. The summed E-state index contributed by atoms with van der Waals surface area (Å²) in [4.78, 5) is 1.11. The van der Waals surface area contributed by atoms with E-state index in [4.69, 9.17) is 5.21 Å². The Hall–Kier alpha value is -0.480. The summed E-state index contributed by atoms with van der Waals surface area (Å²) in [7, 11) is 0. The highest BCUT2D eigenvalue weighted by atomic mass is 79.9. The summed E-state index contributed by atoms with van der Waals surface area (Å²) >= 11 is 5.28. The van der Waals surface area contributed by atoms with Gasteiger partial charge in [0.25, 0.3) is 0 Å². The summed E-state index contributed by atoms with van der Waals surface area (Å²) in [6.45, 7) is 12.5. The average molecular weight is 332 g/mol. The Balaban J connectivity index is 0.00000137. The maximum atomic E-state index is 8.70. The average Bonchev–Trinajstić information content (AvgIpc) is 2.30. The molecule has 1 aromatic carbocycles. The lowest BCUT2D eigenvalue weighted by Gasteiger charge is -2.19. The minimum atomic E-state index is 0.132. The minimum Gasteiger partial charge on any atom is -0.411 e. The van der Waals surface area contributed by atoms with Crippen molar-refractivity contribution in [3.05, 3.63) is 27.7 Å². The first-order valence-electron chi connectivity index (χ1n) is 6.00. The van der Waals surface area contributed by atoms with Gasteiger partial charge in [-0.2, -0.15) is 0 Å². The van der Waals surface area contributed by atoms with Gasteiger partial charge in [0.15, 0.2) is 0 Å². The van der Waals surface area contributed by atoms with Crippen LogP contribution in [-0.4, -0.2) is 16.2 Å². The van der Waals surface area contributed by atoms with Crippen LogP contribution in [0.1, 0.15) is 45.7 Å². The fraction of sp³-hybridized carbons (Fsp3) is 0.500. The lowest BCUT2D eigenvalue weighted by atomic mass is 10.1. The molecular formula is C14H22BrNOS. The van der Waals surface area contributed by atoms with Crippen molar-refractivity contribution in [1.29, 1.82) is 0 Å². The fourth-order valence-corrected chi connectivity index (χ4v) is 2.92. The Bertz CT molecular complexity index is 411. The van der Waals surface area contributed by atoms with Gasteiger partial charge in [0.05, 0.1) is 6.21 Å². The highest BCUT2D eigenvalue weighted by Gasteiger charge is 2.16. The number of thioether (sulfide) groups is 1. The molecule has 0 aliphatic rings. The third-order valence-corrected chi connectivity index (χ3v) is 4.18. The Morgan fingerprint density at radius 3 is 2.28 bits per heavy atom. The molecule has 102 valence electrons. The van der Waals surface area contributed by atoms with E-state index in [1.165, 1.54) is 6.21 Å². The summed E-state index contributed by atoms with van der Waals surface area (Å²) in [5.74, 6) is 0. The summed E-state index contributed by atoms with van der Waals surface area (Å²) in [5.41, 5.74) is 2.07. The number of aryl methyl sites for hydroxylation is 1. The number of hydrogen-bond donors (Lipinski definition) is 1. The SMILES string of the molecule is CC.Cc1ccc(SC(C)(C)C)c(/C=N/O)c1Br. The van der Waals surface area contributed by atoms with Gasteiger partial charge < -0.3 is 5.21 Å². The maximum absolute atomic E-state index is 8.70. The molecule has 18 heavy (non-hydrogen) atoms. The molecule has 0 aliphatic heterocycles. The van der Waals surface area contributed by atoms with Gasteiger partial charge >= 0.3 is 0 Å². The van der Waals surface area contributed by atoms with Gasteiger partial charge in [0.2, 0.25) is 0 Å². The number of benzene rings is 1. The molecule has 4 heteroatoms. The van der Waals surface area contributed by atoms with E-state index in [2.05, 4.69) is 54.0 Å². The van der Waals surface area contributed by atoms with Crippen molar-refractivity contribution in [3.63, 3.8) is 0 Å². The van der Waals surface area contributed by atoms with E-state index in [0.717, 1.165) is 20.5 Å². The van der Waals surface area contributed by atoms with E-state index in [-0.39, 0.29) is 4.75 Å². The van der Waals surface area contributed by atoms with Crippen LogP contribution in [0.15, 0.2) is 26.7 Å². The number of rotatable bonds is 2. The smallest absolute Gasteiger partial charge is 0.0756 e. The van der Waals surface area contributed by atoms with Crippen molar-refractivity contribution < 1.29 is 5.21 Å². The van der Waals surface area contributed by atoms with Gasteiger partial charge in [-0.05, 0) is 34.5 Å². The van der Waals surface area contributed by atoms with E-state index >= 15 is 0 Å². The number of nitrogens with zero attached hydrogens (tertiary/aromatic N) is 1. The van der Waals surface area contributed by atoms with Crippen LogP contribution in [0.25, 0.3) is 0 Å². The molecule has 0 aromatic heterocycles. The van der Waals surface area contributed by atoms with Gasteiger partial charge in [-0.3, -0.25) is 0 Å². The van der Waals surface area contributed by atoms with Crippen LogP contribution < -0.4 is 0 Å². The van der Waals surface area contributed by atoms with E-state index in [1.807, 2.05) is 20.8 Å². The molecule has 0 unspecified atom stereocenters. The molecule has 2 nitrogen and oxygen atoms in total. The molecule has 0 atom stereocenters. The Morgan fingerprint density at radius 2 is 1.83 bits per heavy atom. The predicted octanol–water partition coefficient (Wildman–Crippen LogP) is 5.48. The molecule has 1 rings (SSSR count).